The summed E-state index contributed by atoms with van der Waals surface area (Å²) >= 11 is 3.52. The van der Waals surface area contributed by atoms with Gasteiger partial charge >= 0.3 is 0 Å². The third-order valence-electron chi connectivity index (χ3n) is 3.79. The van der Waals surface area contributed by atoms with Crippen LogP contribution in [0.15, 0.2) is 83.5 Å². The van der Waals surface area contributed by atoms with Crippen molar-refractivity contribution >= 4 is 26.7 Å². The Labute approximate surface area is 143 Å². The first-order valence-corrected chi connectivity index (χ1v) is 8.19. The van der Waals surface area contributed by atoms with Crippen LogP contribution in [0.4, 0.5) is 0 Å². The topological polar surface area (TPSA) is 25.8 Å². The first-order chi connectivity index (χ1) is 11.3. The van der Waals surface area contributed by atoms with E-state index < -0.39 is 0 Å². The van der Waals surface area contributed by atoms with Crippen LogP contribution in [0.1, 0.15) is 0 Å². The summed E-state index contributed by atoms with van der Waals surface area (Å²) in [5.74, 6) is 0.725. The summed E-state index contributed by atoms with van der Waals surface area (Å²) < 4.78 is 0.786. The molecule has 0 saturated carbocycles. The zero-order valence-corrected chi connectivity index (χ0v) is 13.9. The highest BCUT2D eigenvalue weighted by Gasteiger charge is 2.09. The van der Waals surface area contributed by atoms with E-state index in [-0.39, 0.29) is 0 Å². The fourth-order valence-corrected chi connectivity index (χ4v) is 3.11. The molecule has 0 aliphatic rings. The lowest BCUT2D eigenvalue weighted by atomic mass is 10.0. The van der Waals surface area contributed by atoms with E-state index in [1.807, 2.05) is 36.4 Å². The molecule has 3 heteroatoms. The van der Waals surface area contributed by atoms with Crippen molar-refractivity contribution in [3.8, 4) is 22.6 Å². The van der Waals surface area contributed by atoms with Gasteiger partial charge in [-0.3, -0.25) is 0 Å². The van der Waals surface area contributed by atoms with Gasteiger partial charge in [0.25, 0.3) is 0 Å². The monoisotopic (exact) mass is 360 g/mol. The SMILES string of the molecule is Brc1cc(-c2cccc3ccccc23)nc(-c2ccccc2)n1. The van der Waals surface area contributed by atoms with Crippen molar-refractivity contribution in [2.24, 2.45) is 0 Å². The number of halogens is 1. The second-order valence-electron chi connectivity index (χ2n) is 5.29. The maximum atomic E-state index is 4.78. The van der Waals surface area contributed by atoms with E-state index in [1.165, 1.54) is 10.8 Å². The van der Waals surface area contributed by atoms with Crippen LogP contribution in [0.25, 0.3) is 33.4 Å². The van der Waals surface area contributed by atoms with Crippen molar-refractivity contribution in [1.82, 2.24) is 9.97 Å². The van der Waals surface area contributed by atoms with Crippen molar-refractivity contribution in [3.63, 3.8) is 0 Å². The molecular weight excluding hydrogens is 348 g/mol. The molecule has 0 saturated heterocycles. The minimum atomic E-state index is 0.725. The summed E-state index contributed by atoms with van der Waals surface area (Å²) in [7, 11) is 0. The number of fused-ring (bicyclic) bond motifs is 1. The number of nitrogens with zero attached hydrogens (tertiary/aromatic N) is 2. The Balaban J connectivity index is 1.94. The summed E-state index contributed by atoms with van der Waals surface area (Å²) in [5.41, 5.74) is 3.04. The molecule has 1 aromatic heterocycles. The molecule has 110 valence electrons. The Morgan fingerprint density at radius 3 is 2.30 bits per heavy atom. The summed E-state index contributed by atoms with van der Waals surface area (Å²) in [4.78, 5) is 9.30. The van der Waals surface area contributed by atoms with E-state index in [2.05, 4.69) is 63.4 Å². The van der Waals surface area contributed by atoms with Crippen molar-refractivity contribution in [2.75, 3.05) is 0 Å². The van der Waals surface area contributed by atoms with E-state index >= 15 is 0 Å². The van der Waals surface area contributed by atoms with Crippen LogP contribution in [0.5, 0.6) is 0 Å². The predicted octanol–water partition coefficient (Wildman–Crippen LogP) is 5.73. The second kappa shape index (κ2) is 5.94. The lowest BCUT2D eigenvalue weighted by Crippen LogP contribution is -1.93. The Morgan fingerprint density at radius 1 is 0.696 bits per heavy atom. The fourth-order valence-electron chi connectivity index (χ4n) is 2.72. The average Bonchev–Trinajstić information content (AvgIpc) is 2.61. The molecule has 4 rings (SSSR count). The maximum absolute atomic E-state index is 4.78. The second-order valence-corrected chi connectivity index (χ2v) is 6.10. The van der Waals surface area contributed by atoms with Crippen molar-refractivity contribution in [3.05, 3.63) is 83.5 Å². The third kappa shape index (κ3) is 2.76. The van der Waals surface area contributed by atoms with Gasteiger partial charge in [0.2, 0.25) is 0 Å². The van der Waals surface area contributed by atoms with Crippen LogP contribution >= 0.6 is 15.9 Å². The zero-order chi connectivity index (χ0) is 15.6. The van der Waals surface area contributed by atoms with Gasteiger partial charge in [-0.1, -0.05) is 72.8 Å². The van der Waals surface area contributed by atoms with Crippen molar-refractivity contribution < 1.29 is 0 Å². The summed E-state index contributed by atoms with van der Waals surface area (Å²) in [6, 6.07) is 26.6. The fraction of sp³-hybridized carbons (Fsp3) is 0. The van der Waals surface area contributed by atoms with Gasteiger partial charge < -0.3 is 0 Å². The van der Waals surface area contributed by atoms with Gasteiger partial charge in [-0.2, -0.15) is 0 Å². The van der Waals surface area contributed by atoms with Crippen molar-refractivity contribution in [1.29, 1.82) is 0 Å². The molecule has 0 spiro atoms. The van der Waals surface area contributed by atoms with E-state index in [0.717, 1.165) is 27.2 Å². The van der Waals surface area contributed by atoms with Crippen molar-refractivity contribution in [2.45, 2.75) is 0 Å². The summed E-state index contributed by atoms with van der Waals surface area (Å²) in [6.45, 7) is 0. The highest BCUT2D eigenvalue weighted by molar-refractivity contribution is 9.10. The van der Waals surface area contributed by atoms with E-state index in [4.69, 9.17) is 4.98 Å². The number of aromatic nitrogens is 2. The predicted molar refractivity (Wildman–Crippen MR) is 98.1 cm³/mol. The molecule has 0 radical (unpaired) electrons. The normalized spacial score (nSPS) is 10.8. The largest absolute Gasteiger partial charge is 0.228 e. The van der Waals surface area contributed by atoms with Gasteiger partial charge in [-0.05, 0) is 32.8 Å². The van der Waals surface area contributed by atoms with Gasteiger partial charge in [0, 0.05) is 11.1 Å². The first-order valence-electron chi connectivity index (χ1n) is 7.39. The van der Waals surface area contributed by atoms with E-state index in [1.54, 1.807) is 0 Å². The van der Waals surface area contributed by atoms with Gasteiger partial charge in [0.05, 0.1) is 5.69 Å². The number of benzene rings is 3. The number of hydrogen-bond acceptors (Lipinski definition) is 2. The molecule has 0 bridgehead atoms. The first kappa shape index (κ1) is 14.1. The van der Waals surface area contributed by atoms with Crippen LogP contribution in [0, 0.1) is 0 Å². The van der Waals surface area contributed by atoms with Crippen LogP contribution in [0.2, 0.25) is 0 Å². The molecule has 2 nitrogen and oxygen atoms in total. The van der Waals surface area contributed by atoms with Crippen LogP contribution in [-0.2, 0) is 0 Å². The minimum Gasteiger partial charge on any atom is -0.228 e. The minimum absolute atomic E-state index is 0.725. The maximum Gasteiger partial charge on any atom is 0.161 e. The highest BCUT2D eigenvalue weighted by Crippen LogP contribution is 2.30. The Hall–Kier alpha value is -2.52. The number of hydrogen-bond donors (Lipinski definition) is 0. The van der Waals surface area contributed by atoms with E-state index in [0.29, 0.717) is 0 Å². The van der Waals surface area contributed by atoms with Crippen LogP contribution in [-0.4, -0.2) is 9.97 Å². The molecule has 0 N–H and O–H groups in total. The standard InChI is InChI=1S/C20H13BrN2/c21-19-13-18(22-20(23-19)15-8-2-1-3-9-15)17-12-6-10-14-7-4-5-11-16(14)17/h1-13H. The molecule has 0 amide bonds. The average molecular weight is 361 g/mol. The lowest BCUT2D eigenvalue weighted by molar-refractivity contribution is 1.15. The Bertz CT molecular complexity index is 976. The molecule has 0 aliphatic heterocycles. The molecule has 4 aromatic rings. The van der Waals surface area contributed by atoms with Crippen LogP contribution in [0.3, 0.4) is 0 Å². The Morgan fingerprint density at radius 2 is 1.43 bits per heavy atom. The van der Waals surface area contributed by atoms with Gasteiger partial charge in [0.15, 0.2) is 5.82 Å². The molecular formula is C20H13BrN2. The zero-order valence-electron chi connectivity index (χ0n) is 12.3. The molecule has 23 heavy (non-hydrogen) atoms. The molecule has 1 heterocycles. The molecule has 0 fully saturated rings. The summed E-state index contributed by atoms with van der Waals surface area (Å²) in [6.07, 6.45) is 0. The Kier molecular flexibility index (Phi) is 3.64. The van der Waals surface area contributed by atoms with Crippen LogP contribution < -0.4 is 0 Å². The van der Waals surface area contributed by atoms with E-state index in [9.17, 15) is 0 Å². The lowest BCUT2D eigenvalue weighted by Gasteiger charge is -2.08. The summed E-state index contributed by atoms with van der Waals surface area (Å²) in [5, 5.41) is 2.40. The number of rotatable bonds is 2. The molecule has 0 aliphatic carbocycles. The smallest absolute Gasteiger partial charge is 0.161 e. The van der Waals surface area contributed by atoms with Gasteiger partial charge in [-0.25, -0.2) is 9.97 Å². The third-order valence-corrected chi connectivity index (χ3v) is 4.20. The highest BCUT2D eigenvalue weighted by atomic mass is 79.9. The quantitative estimate of drug-likeness (QED) is 0.426. The molecule has 0 unspecified atom stereocenters. The molecule has 3 aromatic carbocycles. The van der Waals surface area contributed by atoms with Gasteiger partial charge in [0.1, 0.15) is 4.60 Å². The van der Waals surface area contributed by atoms with Gasteiger partial charge in [-0.15, -0.1) is 0 Å². The molecule has 0 atom stereocenters.